The van der Waals surface area contributed by atoms with Gasteiger partial charge in [-0.25, -0.2) is 4.79 Å². The molecule has 1 aromatic rings. The van der Waals surface area contributed by atoms with Gasteiger partial charge in [0.25, 0.3) is 0 Å². The summed E-state index contributed by atoms with van der Waals surface area (Å²) in [5.74, 6) is -0.177. The molecule has 0 spiro atoms. The van der Waals surface area contributed by atoms with Crippen LogP contribution in [-0.2, 0) is 14.2 Å². The number of halogens is 1. The van der Waals surface area contributed by atoms with Crippen molar-refractivity contribution in [1.29, 1.82) is 0 Å². The van der Waals surface area contributed by atoms with Crippen LogP contribution in [0, 0.1) is 0 Å². The Hall–Kier alpha value is -1.50. The molecule has 2 N–H and O–H groups in total. The monoisotopic (exact) mass is 317 g/mol. The molecule has 0 bridgehead atoms. The van der Waals surface area contributed by atoms with Crippen LogP contribution in [0.4, 0.5) is 5.69 Å². The molecule has 0 atom stereocenters. The van der Waals surface area contributed by atoms with E-state index in [1.807, 2.05) is 0 Å². The van der Waals surface area contributed by atoms with E-state index in [1.165, 1.54) is 19.2 Å². The molecule has 0 saturated heterocycles. The summed E-state index contributed by atoms with van der Waals surface area (Å²) in [6.45, 7) is 1.81. The number of rotatable bonds is 9. The summed E-state index contributed by atoms with van der Waals surface area (Å²) in [4.78, 5) is 12.0. The Bertz CT molecular complexity index is 467. The highest BCUT2D eigenvalue weighted by Gasteiger charge is 2.16. The zero-order valence-electron chi connectivity index (χ0n) is 12.2. The largest absolute Gasteiger partial charge is 0.496 e. The molecule has 21 heavy (non-hydrogen) atoms. The molecule has 118 valence electrons. The third-order valence-electron chi connectivity index (χ3n) is 2.64. The number of hydrogen-bond donors (Lipinski definition) is 1. The number of ether oxygens (including phenoxy) is 4. The van der Waals surface area contributed by atoms with Gasteiger partial charge < -0.3 is 24.7 Å². The van der Waals surface area contributed by atoms with E-state index < -0.39 is 5.97 Å². The average molecular weight is 318 g/mol. The van der Waals surface area contributed by atoms with Crippen molar-refractivity contribution in [3.05, 3.63) is 22.7 Å². The number of nitrogens with two attached hydrogens (primary N) is 1. The van der Waals surface area contributed by atoms with Crippen LogP contribution < -0.4 is 10.5 Å². The zero-order chi connectivity index (χ0) is 15.7. The van der Waals surface area contributed by atoms with E-state index in [-0.39, 0.29) is 17.2 Å². The van der Waals surface area contributed by atoms with Crippen LogP contribution in [0.2, 0.25) is 5.02 Å². The highest BCUT2D eigenvalue weighted by atomic mass is 35.5. The van der Waals surface area contributed by atoms with Crippen LogP contribution in [-0.4, -0.2) is 46.6 Å². The minimum absolute atomic E-state index is 0.247. The van der Waals surface area contributed by atoms with Gasteiger partial charge >= 0.3 is 5.97 Å². The third kappa shape index (κ3) is 5.79. The molecule has 6 nitrogen and oxygen atoms in total. The predicted octanol–water partition coefficient (Wildman–Crippen LogP) is 2.14. The Kier molecular flexibility index (Phi) is 7.89. The fraction of sp³-hybridized carbons (Fsp3) is 0.500. The molecule has 0 aliphatic heterocycles. The van der Waals surface area contributed by atoms with Gasteiger partial charge in [-0.15, -0.1) is 0 Å². The van der Waals surface area contributed by atoms with E-state index in [0.29, 0.717) is 37.7 Å². The molecule has 0 amide bonds. The van der Waals surface area contributed by atoms with Gasteiger partial charge in [0.1, 0.15) is 11.3 Å². The van der Waals surface area contributed by atoms with Crippen molar-refractivity contribution in [1.82, 2.24) is 0 Å². The predicted molar refractivity (Wildman–Crippen MR) is 80.0 cm³/mol. The van der Waals surface area contributed by atoms with Crippen LogP contribution >= 0.6 is 11.6 Å². The molecule has 0 heterocycles. The second-order valence-electron chi connectivity index (χ2n) is 4.17. The van der Waals surface area contributed by atoms with Crippen molar-refractivity contribution in [2.45, 2.75) is 6.42 Å². The first-order valence-corrected chi connectivity index (χ1v) is 6.84. The van der Waals surface area contributed by atoms with Crippen molar-refractivity contribution in [3.63, 3.8) is 0 Å². The van der Waals surface area contributed by atoms with Crippen LogP contribution in [0.1, 0.15) is 16.8 Å². The minimum Gasteiger partial charge on any atom is -0.496 e. The smallest absolute Gasteiger partial charge is 0.341 e. The lowest BCUT2D eigenvalue weighted by Gasteiger charge is -2.10. The van der Waals surface area contributed by atoms with E-state index in [9.17, 15) is 4.79 Å². The molecule has 0 aliphatic carbocycles. The lowest BCUT2D eigenvalue weighted by atomic mass is 10.2. The highest BCUT2D eigenvalue weighted by Crippen LogP contribution is 2.29. The molecular weight excluding hydrogens is 298 g/mol. The van der Waals surface area contributed by atoms with Gasteiger partial charge in [-0.1, -0.05) is 11.6 Å². The SMILES string of the molecule is COCCOCCCOC(=O)c1cc(Cl)c(N)cc1OC. The second kappa shape index (κ2) is 9.44. The maximum absolute atomic E-state index is 12.0. The van der Waals surface area contributed by atoms with Crippen molar-refractivity contribution in [3.8, 4) is 5.75 Å². The lowest BCUT2D eigenvalue weighted by Crippen LogP contribution is -2.11. The summed E-state index contributed by atoms with van der Waals surface area (Å²) >= 11 is 5.90. The number of carbonyl (C=O) groups is 1. The molecule has 0 aliphatic rings. The summed E-state index contributed by atoms with van der Waals surface area (Å²) in [5.41, 5.74) is 6.25. The fourth-order valence-electron chi connectivity index (χ4n) is 1.55. The normalized spacial score (nSPS) is 10.4. The average Bonchev–Trinajstić information content (AvgIpc) is 2.48. The minimum atomic E-state index is -0.509. The summed E-state index contributed by atoms with van der Waals surface area (Å²) in [7, 11) is 3.05. The number of esters is 1. The third-order valence-corrected chi connectivity index (χ3v) is 2.96. The number of benzene rings is 1. The number of methoxy groups -OCH3 is 2. The van der Waals surface area contributed by atoms with Crippen LogP contribution in [0.25, 0.3) is 0 Å². The van der Waals surface area contributed by atoms with Crippen molar-refractivity contribution >= 4 is 23.3 Å². The maximum atomic E-state index is 12.0. The van der Waals surface area contributed by atoms with Crippen molar-refractivity contribution < 1.29 is 23.7 Å². The molecular formula is C14H20ClNO5. The van der Waals surface area contributed by atoms with Crippen LogP contribution in [0.15, 0.2) is 12.1 Å². The molecule has 0 aromatic heterocycles. The van der Waals surface area contributed by atoms with E-state index >= 15 is 0 Å². The van der Waals surface area contributed by atoms with Crippen LogP contribution in [0.5, 0.6) is 5.75 Å². The quantitative estimate of drug-likeness (QED) is 0.427. The summed E-state index contributed by atoms with van der Waals surface area (Å²) in [5, 5.41) is 0.283. The Morgan fingerprint density at radius 1 is 1.19 bits per heavy atom. The van der Waals surface area contributed by atoms with E-state index in [4.69, 9.17) is 36.3 Å². The van der Waals surface area contributed by atoms with Gasteiger partial charge in [0.15, 0.2) is 0 Å². The Morgan fingerprint density at radius 3 is 2.62 bits per heavy atom. The Morgan fingerprint density at radius 2 is 1.95 bits per heavy atom. The Balaban J connectivity index is 2.43. The molecule has 0 radical (unpaired) electrons. The summed E-state index contributed by atoms with van der Waals surface area (Å²) in [6.07, 6.45) is 0.598. The van der Waals surface area contributed by atoms with E-state index in [0.717, 1.165) is 0 Å². The molecule has 1 rings (SSSR count). The van der Waals surface area contributed by atoms with Gasteiger partial charge in [0, 0.05) is 26.2 Å². The topological polar surface area (TPSA) is 80.0 Å². The standard InChI is InChI=1S/C14H20ClNO5/c1-18-6-7-20-4-3-5-21-14(17)10-8-11(15)12(16)9-13(10)19-2/h8-9H,3-7,16H2,1-2H3. The second-order valence-corrected chi connectivity index (χ2v) is 4.58. The Labute approximate surface area is 129 Å². The molecule has 7 heteroatoms. The summed E-state index contributed by atoms with van der Waals surface area (Å²) < 4.78 is 20.3. The number of nitrogen functional groups attached to an aromatic ring is 1. The molecule has 0 fully saturated rings. The number of carbonyl (C=O) groups excluding carboxylic acids is 1. The number of anilines is 1. The first-order valence-electron chi connectivity index (χ1n) is 6.47. The van der Waals surface area contributed by atoms with Crippen molar-refractivity contribution in [2.24, 2.45) is 0 Å². The number of hydrogen-bond acceptors (Lipinski definition) is 6. The summed E-state index contributed by atoms with van der Waals surface area (Å²) in [6, 6.07) is 2.93. The van der Waals surface area contributed by atoms with Crippen LogP contribution in [0.3, 0.4) is 0 Å². The molecule has 1 aromatic carbocycles. The van der Waals surface area contributed by atoms with Gasteiger partial charge in [-0.3, -0.25) is 0 Å². The lowest BCUT2D eigenvalue weighted by molar-refractivity contribution is 0.0383. The van der Waals surface area contributed by atoms with Gasteiger partial charge in [0.05, 0.1) is 37.6 Å². The molecule has 0 saturated carbocycles. The highest BCUT2D eigenvalue weighted by molar-refractivity contribution is 6.33. The first-order chi connectivity index (χ1) is 10.1. The van der Waals surface area contributed by atoms with Crippen molar-refractivity contribution in [2.75, 3.05) is 46.4 Å². The fourth-order valence-corrected chi connectivity index (χ4v) is 1.71. The van der Waals surface area contributed by atoms with Gasteiger partial charge in [0.2, 0.25) is 0 Å². The zero-order valence-corrected chi connectivity index (χ0v) is 12.9. The van der Waals surface area contributed by atoms with Gasteiger partial charge in [-0.05, 0) is 6.07 Å². The molecule has 0 unspecified atom stereocenters. The van der Waals surface area contributed by atoms with Gasteiger partial charge in [-0.2, -0.15) is 0 Å². The maximum Gasteiger partial charge on any atom is 0.341 e. The van der Waals surface area contributed by atoms with E-state index in [1.54, 1.807) is 7.11 Å². The van der Waals surface area contributed by atoms with E-state index in [2.05, 4.69) is 0 Å². The first kappa shape index (κ1) is 17.6.